The third kappa shape index (κ3) is 3.47. The number of nitrogens with zero attached hydrogens (tertiary/aromatic N) is 1. The Morgan fingerprint density at radius 2 is 2.17 bits per heavy atom. The molecule has 0 saturated heterocycles. The Labute approximate surface area is 115 Å². The lowest BCUT2D eigenvalue weighted by Crippen LogP contribution is -2.09. The number of rotatable bonds is 5. The van der Waals surface area contributed by atoms with E-state index in [1.54, 1.807) is 19.1 Å². The lowest BCUT2D eigenvalue weighted by Gasteiger charge is -2.11. The SMILES string of the molecule is CCOC(=O)Cc1cc(CBr)c(C#N)cc1OC. The maximum Gasteiger partial charge on any atom is 0.310 e. The standard InChI is InChI=1S/C13H14BrNO3/c1-3-18-13(16)6-9-4-10(7-14)11(8-15)5-12(9)17-2/h4-5H,3,6-7H2,1-2H3. The highest BCUT2D eigenvalue weighted by molar-refractivity contribution is 9.08. The Hall–Kier alpha value is -1.54. The Balaban J connectivity index is 3.10. The molecular formula is C13H14BrNO3. The van der Waals surface area contributed by atoms with E-state index in [1.807, 2.05) is 0 Å². The molecule has 0 aliphatic heterocycles. The van der Waals surface area contributed by atoms with Crippen LogP contribution < -0.4 is 4.74 Å². The van der Waals surface area contributed by atoms with Crippen LogP contribution in [0.4, 0.5) is 0 Å². The Kier molecular flexibility index (Phi) is 5.66. The first-order valence-electron chi connectivity index (χ1n) is 5.47. The van der Waals surface area contributed by atoms with Crippen molar-refractivity contribution in [1.82, 2.24) is 0 Å². The van der Waals surface area contributed by atoms with E-state index in [2.05, 4.69) is 22.0 Å². The molecule has 0 bridgehead atoms. The highest BCUT2D eigenvalue weighted by Gasteiger charge is 2.13. The van der Waals surface area contributed by atoms with Gasteiger partial charge >= 0.3 is 5.97 Å². The summed E-state index contributed by atoms with van der Waals surface area (Å²) in [7, 11) is 1.51. The van der Waals surface area contributed by atoms with Crippen molar-refractivity contribution < 1.29 is 14.3 Å². The average molecular weight is 312 g/mol. The van der Waals surface area contributed by atoms with Crippen molar-refractivity contribution in [3.05, 3.63) is 28.8 Å². The van der Waals surface area contributed by atoms with Gasteiger partial charge < -0.3 is 9.47 Å². The van der Waals surface area contributed by atoms with Gasteiger partial charge in [-0.1, -0.05) is 15.9 Å². The molecule has 96 valence electrons. The van der Waals surface area contributed by atoms with Crippen molar-refractivity contribution in [3.8, 4) is 11.8 Å². The minimum absolute atomic E-state index is 0.142. The van der Waals surface area contributed by atoms with Crippen molar-refractivity contribution >= 4 is 21.9 Å². The summed E-state index contributed by atoms with van der Waals surface area (Å²) >= 11 is 3.32. The van der Waals surface area contributed by atoms with Crippen LogP contribution in [0.25, 0.3) is 0 Å². The second-order valence-corrected chi connectivity index (χ2v) is 4.11. The van der Waals surface area contributed by atoms with Gasteiger partial charge in [0.2, 0.25) is 0 Å². The monoisotopic (exact) mass is 311 g/mol. The largest absolute Gasteiger partial charge is 0.496 e. The first-order valence-corrected chi connectivity index (χ1v) is 6.59. The molecule has 1 aromatic rings. The smallest absolute Gasteiger partial charge is 0.310 e. The van der Waals surface area contributed by atoms with Crippen molar-refractivity contribution in [3.63, 3.8) is 0 Å². The molecule has 0 unspecified atom stereocenters. The fraction of sp³-hybridized carbons (Fsp3) is 0.385. The number of esters is 1. The van der Waals surface area contributed by atoms with Crippen molar-refractivity contribution in [2.75, 3.05) is 13.7 Å². The van der Waals surface area contributed by atoms with Gasteiger partial charge in [0.05, 0.1) is 31.8 Å². The van der Waals surface area contributed by atoms with E-state index in [-0.39, 0.29) is 12.4 Å². The predicted molar refractivity (Wildman–Crippen MR) is 70.7 cm³/mol. The highest BCUT2D eigenvalue weighted by Crippen LogP contribution is 2.25. The van der Waals surface area contributed by atoms with E-state index >= 15 is 0 Å². The van der Waals surface area contributed by atoms with Crippen molar-refractivity contribution in [2.45, 2.75) is 18.7 Å². The zero-order valence-corrected chi connectivity index (χ0v) is 11.9. The van der Waals surface area contributed by atoms with Gasteiger partial charge in [0.1, 0.15) is 5.75 Å². The Bertz CT molecular complexity index is 480. The molecule has 5 heteroatoms. The van der Waals surface area contributed by atoms with Crippen LogP contribution in [-0.4, -0.2) is 19.7 Å². The molecule has 0 aromatic heterocycles. The van der Waals surface area contributed by atoms with Crippen LogP contribution in [0.2, 0.25) is 0 Å². The fourth-order valence-corrected chi connectivity index (χ4v) is 2.05. The molecule has 0 N–H and O–H groups in total. The third-order valence-corrected chi connectivity index (χ3v) is 3.01. The second-order valence-electron chi connectivity index (χ2n) is 3.55. The summed E-state index contributed by atoms with van der Waals surface area (Å²) in [5.74, 6) is 0.227. The summed E-state index contributed by atoms with van der Waals surface area (Å²) in [6, 6.07) is 5.54. The van der Waals surface area contributed by atoms with Gasteiger partial charge in [-0.05, 0) is 24.6 Å². The first-order chi connectivity index (χ1) is 8.65. The third-order valence-electron chi connectivity index (χ3n) is 2.41. The van der Waals surface area contributed by atoms with Gasteiger partial charge in [-0.2, -0.15) is 5.26 Å². The van der Waals surface area contributed by atoms with Gasteiger partial charge in [0, 0.05) is 10.9 Å². The number of carbonyl (C=O) groups excluding carboxylic acids is 1. The molecule has 0 fully saturated rings. The van der Waals surface area contributed by atoms with Crippen LogP contribution >= 0.6 is 15.9 Å². The van der Waals surface area contributed by atoms with E-state index in [9.17, 15) is 4.79 Å². The van der Waals surface area contributed by atoms with E-state index in [0.717, 1.165) is 11.1 Å². The van der Waals surface area contributed by atoms with Crippen LogP contribution in [0.15, 0.2) is 12.1 Å². The number of hydrogen-bond acceptors (Lipinski definition) is 4. The normalized spacial score (nSPS) is 9.67. The molecule has 0 radical (unpaired) electrons. The van der Waals surface area contributed by atoms with E-state index in [0.29, 0.717) is 23.2 Å². The minimum Gasteiger partial charge on any atom is -0.496 e. The van der Waals surface area contributed by atoms with Crippen molar-refractivity contribution in [2.24, 2.45) is 0 Å². The van der Waals surface area contributed by atoms with E-state index in [1.165, 1.54) is 7.11 Å². The molecule has 0 saturated carbocycles. The number of hydrogen-bond donors (Lipinski definition) is 0. The predicted octanol–water partition coefficient (Wildman–Crippen LogP) is 2.57. The molecule has 0 amide bonds. The van der Waals surface area contributed by atoms with Crippen LogP contribution in [0, 0.1) is 11.3 Å². The molecular weight excluding hydrogens is 298 g/mol. The van der Waals surface area contributed by atoms with E-state index in [4.69, 9.17) is 14.7 Å². The van der Waals surface area contributed by atoms with Crippen LogP contribution in [0.1, 0.15) is 23.6 Å². The Morgan fingerprint density at radius 1 is 1.44 bits per heavy atom. The molecule has 4 nitrogen and oxygen atoms in total. The molecule has 18 heavy (non-hydrogen) atoms. The summed E-state index contributed by atoms with van der Waals surface area (Å²) in [6.45, 7) is 2.11. The molecule has 1 aromatic carbocycles. The molecule has 0 aliphatic carbocycles. The summed E-state index contributed by atoms with van der Waals surface area (Å²) in [6.07, 6.45) is 0.142. The number of alkyl halides is 1. The summed E-state index contributed by atoms with van der Waals surface area (Å²) in [5.41, 5.74) is 2.10. The maximum atomic E-state index is 11.5. The van der Waals surface area contributed by atoms with Crippen LogP contribution in [0.3, 0.4) is 0 Å². The van der Waals surface area contributed by atoms with Gasteiger partial charge in [0.15, 0.2) is 0 Å². The Morgan fingerprint density at radius 3 is 2.67 bits per heavy atom. The zero-order chi connectivity index (χ0) is 13.5. The minimum atomic E-state index is -0.305. The topological polar surface area (TPSA) is 59.3 Å². The number of halogens is 1. The first kappa shape index (κ1) is 14.5. The molecule has 0 aliphatic rings. The molecule has 1 rings (SSSR count). The van der Waals surface area contributed by atoms with E-state index < -0.39 is 0 Å². The summed E-state index contributed by atoms with van der Waals surface area (Å²) in [5, 5.41) is 9.56. The number of methoxy groups -OCH3 is 1. The quantitative estimate of drug-likeness (QED) is 0.619. The average Bonchev–Trinajstić information content (AvgIpc) is 2.38. The van der Waals surface area contributed by atoms with Gasteiger partial charge in [0.25, 0.3) is 0 Å². The number of benzene rings is 1. The summed E-state index contributed by atoms with van der Waals surface area (Å²) in [4.78, 5) is 11.5. The highest BCUT2D eigenvalue weighted by atomic mass is 79.9. The summed E-state index contributed by atoms with van der Waals surface area (Å²) < 4.78 is 10.1. The van der Waals surface area contributed by atoms with Gasteiger partial charge in [-0.15, -0.1) is 0 Å². The number of ether oxygens (including phenoxy) is 2. The lowest BCUT2D eigenvalue weighted by atomic mass is 10.0. The lowest BCUT2D eigenvalue weighted by molar-refractivity contribution is -0.142. The van der Waals surface area contributed by atoms with Crippen molar-refractivity contribution in [1.29, 1.82) is 5.26 Å². The zero-order valence-electron chi connectivity index (χ0n) is 10.3. The second kappa shape index (κ2) is 7.02. The van der Waals surface area contributed by atoms with Gasteiger partial charge in [-0.3, -0.25) is 4.79 Å². The molecule has 0 spiro atoms. The van der Waals surface area contributed by atoms with Crippen LogP contribution in [0.5, 0.6) is 5.75 Å². The number of carbonyl (C=O) groups is 1. The van der Waals surface area contributed by atoms with Gasteiger partial charge in [-0.25, -0.2) is 0 Å². The fourth-order valence-electron chi connectivity index (χ4n) is 1.59. The van der Waals surface area contributed by atoms with Crippen LogP contribution in [-0.2, 0) is 21.3 Å². The molecule has 0 atom stereocenters. The maximum absolute atomic E-state index is 11.5. The number of nitriles is 1. The molecule has 0 heterocycles.